The van der Waals surface area contributed by atoms with Gasteiger partial charge in [0.05, 0.1) is 34.8 Å². The van der Waals surface area contributed by atoms with Crippen molar-refractivity contribution in [3.8, 4) is 0 Å². The number of sulfonamides is 1. The van der Waals surface area contributed by atoms with E-state index in [9.17, 15) is 8.42 Å². The van der Waals surface area contributed by atoms with Crippen molar-refractivity contribution < 1.29 is 8.42 Å². The van der Waals surface area contributed by atoms with Crippen LogP contribution in [-0.2, 0) is 23.6 Å². The van der Waals surface area contributed by atoms with Crippen molar-refractivity contribution in [1.29, 1.82) is 0 Å². The third-order valence-electron chi connectivity index (χ3n) is 4.90. The van der Waals surface area contributed by atoms with Crippen LogP contribution in [0.1, 0.15) is 50.0 Å². The molecule has 2 aromatic heterocycles. The molecule has 0 spiro atoms. The molecular weight excluding hydrogens is 362 g/mol. The van der Waals surface area contributed by atoms with Crippen LogP contribution in [0.15, 0.2) is 17.3 Å². The second-order valence-corrected chi connectivity index (χ2v) is 8.66. The average Bonchev–Trinajstić information content (AvgIpc) is 3.00. The Morgan fingerprint density at radius 1 is 1.24 bits per heavy atom. The smallest absolute Gasteiger partial charge is 0.247 e. The second-order valence-electron chi connectivity index (χ2n) is 6.39. The fourth-order valence-electron chi connectivity index (χ4n) is 3.57. The number of rotatable bonds is 4. The quantitative estimate of drug-likeness (QED) is 0.811. The maximum absolute atomic E-state index is 13.4. The number of hydrogen-bond acceptors (Lipinski definition) is 4. The van der Waals surface area contributed by atoms with Crippen LogP contribution in [0.25, 0.3) is 0 Å². The van der Waals surface area contributed by atoms with E-state index in [1.54, 1.807) is 33.8 Å². The minimum absolute atomic E-state index is 0.277. The second kappa shape index (κ2) is 7.09. The summed E-state index contributed by atoms with van der Waals surface area (Å²) in [6, 6.07) is -0.308. The summed E-state index contributed by atoms with van der Waals surface area (Å²) >= 11 is 6.33. The molecule has 2 aromatic rings. The summed E-state index contributed by atoms with van der Waals surface area (Å²) in [6.45, 7) is 4.86. The summed E-state index contributed by atoms with van der Waals surface area (Å²) in [5, 5.41) is 8.91. The summed E-state index contributed by atoms with van der Waals surface area (Å²) in [6.07, 6.45) is 6.58. The molecule has 7 nitrogen and oxygen atoms in total. The predicted octanol–water partition coefficient (Wildman–Crippen LogP) is 2.90. The first-order valence-electron chi connectivity index (χ1n) is 8.59. The first-order valence-corrected chi connectivity index (χ1v) is 10.4. The van der Waals surface area contributed by atoms with E-state index in [2.05, 4.69) is 10.2 Å². The first-order chi connectivity index (χ1) is 11.9. The third-order valence-corrected chi connectivity index (χ3v) is 7.20. The summed E-state index contributed by atoms with van der Waals surface area (Å²) in [5.74, 6) is 0. The molecule has 0 saturated carbocycles. The molecule has 0 bridgehead atoms. The molecule has 1 unspecified atom stereocenters. The van der Waals surface area contributed by atoms with Gasteiger partial charge in [0.15, 0.2) is 0 Å². The van der Waals surface area contributed by atoms with Gasteiger partial charge in [-0.1, -0.05) is 24.4 Å². The Morgan fingerprint density at radius 3 is 2.60 bits per heavy atom. The maximum Gasteiger partial charge on any atom is 0.247 e. The Morgan fingerprint density at radius 2 is 2.00 bits per heavy atom. The van der Waals surface area contributed by atoms with Gasteiger partial charge >= 0.3 is 0 Å². The lowest BCUT2D eigenvalue weighted by molar-refractivity contribution is 0.315. The molecule has 9 heteroatoms. The van der Waals surface area contributed by atoms with Crippen molar-refractivity contribution in [3.63, 3.8) is 0 Å². The van der Waals surface area contributed by atoms with E-state index in [0.29, 0.717) is 23.8 Å². The van der Waals surface area contributed by atoms with Gasteiger partial charge in [-0.2, -0.15) is 14.5 Å². The molecule has 1 aliphatic heterocycles. The van der Waals surface area contributed by atoms with Gasteiger partial charge in [-0.3, -0.25) is 9.36 Å². The van der Waals surface area contributed by atoms with Crippen molar-refractivity contribution in [3.05, 3.63) is 28.8 Å². The van der Waals surface area contributed by atoms with E-state index in [4.69, 9.17) is 11.6 Å². The molecule has 1 fully saturated rings. The predicted molar refractivity (Wildman–Crippen MR) is 96.0 cm³/mol. The molecule has 25 heavy (non-hydrogen) atoms. The van der Waals surface area contributed by atoms with Crippen LogP contribution < -0.4 is 0 Å². The van der Waals surface area contributed by atoms with Gasteiger partial charge in [0.1, 0.15) is 4.90 Å². The van der Waals surface area contributed by atoms with Gasteiger partial charge in [-0.25, -0.2) is 8.42 Å². The van der Waals surface area contributed by atoms with Crippen molar-refractivity contribution in [2.45, 2.75) is 57.0 Å². The van der Waals surface area contributed by atoms with Gasteiger partial charge in [0, 0.05) is 20.1 Å². The van der Waals surface area contributed by atoms with Crippen LogP contribution in [0.5, 0.6) is 0 Å². The van der Waals surface area contributed by atoms with Gasteiger partial charge in [0.2, 0.25) is 10.0 Å². The molecule has 138 valence electrons. The summed E-state index contributed by atoms with van der Waals surface area (Å²) in [7, 11) is -1.86. The molecule has 0 aromatic carbocycles. The lowest BCUT2D eigenvalue weighted by Crippen LogP contribution is -2.36. The van der Waals surface area contributed by atoms with E-state index in [0.717, 1.165) is 31.4 Å². The topological polar surface area (TPSA) is 73.0 Å². The first kappa shape index (κ1) is 18.4. The number of aromatic nitrogens is 4. The normalized spacial score (nSPS) is 19.9. The van der Waals surface area contributed by atoms with E-state index in [-0.39, 0.29) is 10.9 Å². The zero-order chi connectivity index (χ0) is 18.2. The van der Waals surface area contributed by atoms with Crippen LogP contribution in [0.3, 0.4) is 0 Å². The van der Waals surface area contributed by atoms with E-state index in [1.165, 1.54) is 6.20 Å². The Balaban J connectivity index is 2.08. The molecule has 1 atom stereocenters. The summed E-state index contributed by atoms with van der Waals surface area (Å²) in [5.41, 5.74) is 1.43. The third kappa shape index (κ3) is 3.22. The largest absolute Gasteiger partial charge is 0.269 e. The molecule has 0 amide bonds. The highest BCUT2D eigenvalue weighted by molar-refractivity contribution is 7.89. The average molecular weight is 386 g/mol. The highest BCUT2D eigenvalue weighted by Gasteiger charge is 2.37. The zero-order valence-electron chi connectivity index (χ0n) is 14.8. The minimum atomic E-state index is -3.66. The minimum Gasteiger partial charge on any atom is -0.269 e. The fourth-order valence-corrected chi connectivity index (χ4v) is 5.68. The molecule has 1 saturated heterocycles. The van der Waals surface area contributed by atoms with Gasteiger partial charge in [-0.15, -0.1) is 0 Å². The highest BCUT2D eigenvalue weighted by Crippen LogP contribution is 2.37. The number of hydrogen-bond donors (Lipinski definition) is 0. The van der Waals surface area contributed by atoms with Crippen LogP contribution in [0.2, 0.25) is 5.02 Å². The number of aryl methyl sites for hydroxylation is 2. The van der Waals surface area contributed by atoms with Crippen LogP contribution >= 0.6 is 11.6 Å². The lowest BCUT2D eigenvalue weighted by Gasteiger charge is -2.29. The van der Waals surface area contributed by atoms with Crippen LogP contribution in [0.4, 0.5) is 0 Å². The molecule has 0 radical (unpaired) electrons. The van der Waals surface area contributed by atoms with Crippen molar-refractivity contribution >= 4 is 21.6 Å². The van der Waals surface area contributed by atoms with Gasteiger partial charge in [0.25, 0.3) is 0 Å². The molecule has 3 heterocycles. The molecule has 1 aliphatic rings. The van der Waals surface area contributed by atoms with Crippen molar-refractivity contribution in [2.24, 2.45) is 7.05 Å². The summed E-state index contributed by atoms with van der Waals surface area (Å²) in [4.78, 5) is 0.277. The number of halogens is 1. The monoisotopic (exact) mass is 385 g/mol. The Hall–Kier alpha value is -1.38. The van der Waals surface area contributed by atoms with Crippen LogP contribution in [0, 0.1) is 6.92 Å². The van der Waals surface area contributed by atoms with Crippen molar-refractivity contribution in [1.82, 2.24) is 23.9 Å². The van der Waals surface area contributed by atoms with Crippen LogP contribution in [-0.4, -0.2) is 38.8 Å². The molecule has 3 rings (SSSR count). The number of nitrogens with zero attached hydrogens (tertiary/aromatic N) is 5. The summed E-state index contributed by atoms with van der Waals surface area (Å²) < 4.78 is 31.8. The standard InChI is InChI=1S/C16H24ClN5O2S/c1-4-21-12(2)15(11-19-21)25(23,24)22-9-7-5-6-8-14(22)16-13(17)10-18-20(16)3/h10-11,14H,4-9H2,1-3H3. The highest BCUT2D eigenvalue weighted by atomic mass is 35.5. The van der Waals surface area contributed by atoms with E-state index < -0.39 is 10.0 Å². The van der Waals surface area contributed by atoms with Gasteiger partial charge in [-0.05, 0) is 26.7 Å². The SMILES string of the molecule is CCn1ncc(S(=O)(=O)N2CCCCCC2c2c(Cl)cnn2C)c1C. The molecule has 0 aliphatic carbocycles. The van der Waals surface area contributed by atoms with Gasteiger partial charge < -0.3 is 0 Å². The molecule has 0 N–H and O–H groups in total. The Bertz CT molecular complexity index is 839. The van der Waals surface area contributed by atoms with E-state index >= 15 is 0 Å². The Labute approximate surface area is 153 Å². The lowest BCUT2D eigenvalue weighted by atomic mass is 10.1. The fraction of sp³-hybridized carbons (Fsp3) is 0.625. The zero-order valence-corrected chi connectivity index (χ0v) is 16.4. The Kier molecular flexibility index (Phi) is 5.22. The van der Waals surface area contributed by atoms with Crippen molar-refractivity contribution in [2.75, 3.05) is 6.54 Å². The van der Waals surface area contributed by atoms with E-state index in [1.807, 2.05) is 6.92 Å². The maximum atomic E-state index is 13.4. The molecular formula is C16H24ClN5O2S.